The molecule has 0 radical (unpaired) electrons. The number of fused-ring (bicyclic) bond motifs is 1. The molecular weight excluding hydrogens is 188 g/mol. The number of hydrogen-bond acceptors (Lipinski definition) is 8. The fraction of sp³-hybridized carbons (Fsp3) is 0. The maximum Gasteiger partial charge on any atom is 0.248 e. The minimum absolute atomic E-state index is 0.461. The summed E-state index contributed by atoms with van der Waals surface area (Å²) in [6.07, 6.45) is 3.02. The Kier molecular flexibility index (Phi) is 1.23. The normalized spacial score (nSPS) is 13.1. The van der Waals surface area contributed by atoms with Gasteiger partial charge in [0.2, 0.25) is 11.6 Å². The van der Waals surface area contributed by atoms with E-state index in [1.807, 2.05) is 0 Å². The smallest absolute Gasteiger partial charge is 0.137 e. The van der Waals surface area contributed by atoms with Gasteiger partial charge in [-0.2, -0.15) is 0 Å². The monoisotopic (exact) mass is 190 g/mol. The Labute approximate surface area is 75.9 Å². The van der Waals surface area contributed by atoms with Crippen molar-refractivity contribution < 1.29 is 0 Å². The van der Waals surface area contributed by atoms with Crippen molar-refractivity contribution in [2.24, 2.45) is 20.7 Å². The van der Waals surface area contributed by atoms with Gasteiger partial charge in [-0.05, 0) is 20.9 Å². The Morgan fingerprint density at radius 2 is 2.14 bits per heavy atom. The zero-order chi connectivity index (χ0) is 9.38. The zero-order valence-corrected chi connectivity index (χ0v) is 6.63. The molecule has 0 fully saturated rings. The van der Waals surface area contributed by atoms with Gasteiger partial charge in [0.25, 0.3) is 0 Å². The summed E-state index contributed by atoms with van der Waals surface area (Å²) in [6.45, 7) is 0. The molecule has 14 heavy (non-hydrogen) atoms. The van der Waals surface area contributed by atoms with Crippen LogP contribution < -0.4 is 0 Å². The Morgan fingerprint density at radius 1 is 1.14 bits per heavy atom. The summed E-state index contributed by atoms with van der Waals surface area (Å²) < 4.78 is 0. The van der Waals surface area contributed by atoms with Crippen molar-refractivity contribution in [3.63, 3.8) is 0 Å². The first-order valence-corrected chi connectivity index (χ1v) is 3.59. The fourth-order valence-electron chi connectivity index (χ4n) is 0.849. The van der Waals surface area contributed by atoms with Gasteiger partial charge < -0.3 is 0 Å². The van der Waals surface area contributed by atoms with E-state index in [1.54, 1.807) is 0 Å². The number of aromatic nitrogens is 6. The van der Waals surface area contributed by atoms with E-state index in [1.165, 1.54) is 17.2 Å². The molecule has 3 rings (SSSR count). The fourth-order valence-corrected chi connectivity index (χ4v) is 0.849. The highest BCUT2D eigenvalue weighted by Gasteiger charge is 2.18. The highest BCUT2D eigenvalue weighted by atomic mass is 15.8. The van der Waals surface area contributed by atoms with Crippen molar-refractivity contribution >= 4 is 11.6 Å². The van der Waals surface area contributed by atoms with E-state index >= 15 is 0 Å². The number of azo groups is 1. The molecule has 2 aromatic heterocycles. The number of rotatable bonds is 2. The second kappa shape index (κ2) is 2.48. The van der Waals surface area contributed by atoms with Crippen LogP contribution in [0.25, 0.3) is 0 Å². The summed E-state index contributed by atoms with van der Waals surface area (Å²) in [5, 5.41) is 29.0. The molecule has 0 N–H and O–H groups in total. The lowest BCUT2D eigenvalue weighted by Crippen LogP contribution is -1.94. The van der Waals surface area contributed by atoms with Gasteiger partial charge in [0, 0.05) is 0 Å². The molecule has 1 aliphatic rings. The number of nitrogens with zero attached hydrogens (tertiary/aromatic N) is 10. The highest BCUT2D eigenvalue weighted by Crippen LogP contribution is 2.34. The summed E-state index contributed by atoms with van der Waals surface area (Å²) >= 11 is 0. The van der Waals surface area contributed by atoms with Crippen LogP contribution in [0.4, 0.5) is 11.6 Å². The minimum atomic E-state index is 0.461. The molecule has 0 saturated carbocycles. The van der Waals surface area contributed by atoms with E-state index in [-0.39, 0.29) is 0 Å². The lowest BCUT2D eigenvalue weighted by atomic mass is 10.6. The van der Waals surface area contributed by atoms with E-state index in [9.17, 15) is 0 Å². The molecule has 0 amide bonds. The molecule has 3 heterocycles. The summed E-state index contributed by atoms with van der Waals surface area (Å²) in [4.78, 5) is 2.34. The Morgan fingerprint density at radius 3 is 2.79 bits per heavy atom. The molecule has 0 unspecified atom stereocenters. The molecule has 2 aromatic rings. The van der Waals surface area contributed by atoms with E-state index in [0.717, 1.165) is 4.79 Å². The van der Waals surface area contributed by atoms with E-state index in [4.69, 9.17) is 0 Å². The van der Waals surface area contributed by atoms with Crippen LogP contribution in [0, 0.1) is 0 Å². The second-order valence-electron chi connectivity index (χ2n) is 2.33. The molecule has 0 spiro atoms. The average Bonchev–Trinajstić information content (AvgIpc) is 2.71. The topological polar surface area (TPSA) is 111 Å². The first-order chi connectivity index (χ1) is 6.93. The molecule has 0 aliphatic carbocycles. The van der Waals surface area contributed by atoms with Crippen LogP contribution in [0.5, 0.6) is 0 Å². The van der Waals surface area contributed by atoms with Crippen LogP contribution in [0.2, 0.25) is 0 Å². The van der Waals surface area contributed by atoms with Crippen LogP contribution in [0.3, 0.4) is 0 Å². The van der Waals surface area contributed by atoms with Crippen molar-refractivity contribution in [1.82, 2.24) is 30.2 Å². The summed E-state index contributed by atoms with van der Waals surface area (Å²) in [5.74, 6) is 0.941. The average molecular weight is 190 g/mol. The standard InChI is InChI=1S/C4H2N10/c1-2-13(9-5-1)11-12-14-4-3(6-8-4)7-10-14/h1-2H/b12-11+. The SMILES string of the molecule is c1cn(/N=N/n2nnc3c2N=N3)nn1. The van der Waals surface area contributed by atoms with Crippen molar-refractivity contribution in [2.45, 2.75) is 0 Å². The molecule has 68 valence electrons. The molecule has 1 aliphatic heterocycles. The van der Waals surface area contributed by atoms with Crippen molar-refractivity contribution in [3.05, 3.63) is 12.4 Å². The Bertz CT molecular complexity index is 502. The summed E-state index contributed by atoms with van der Waals surface area (Å²) in [5.41, 5.74) is 0. The molecular formula is C4H2N10. The third-order valence-electron chi connectivity index (χ3n) is 1.48. The van der Waals surface area contributed by atoms with Crippen molar-refractivity contribution in [2.75, 3.05) is 0 Å². The largest absolute Gasteiger partial charge is 0.248 e. The first-order valence-electron chi connectivity index (χ1n) is 3.59. The van der Waals surface area contributed by atoms with Gasteiger partial charge in [-0.15, -0.1) is 25.2 Å². The van der Waals surface area contributed by atoms with Crippen LogP contribution >= 0.6 is 0 Å². The Hall–Kier alpha value is -2.52. The highest BCUT2D eigenvalue weighted by molar-refractivity contribution is 5.54. The third kappa shape index (κ3) is 0.903. The predicted octanol–water partition coefficient (Wildman–Crippen LogP) is 0.277. The second-order valence-corrected chi connectivity index (χ2v) is 2.33. The molecule has 10 heteroatoms. The van der Waals surface area contributed by atoms with Gasteiger partial charge in [0.1, 0.15) is 0 Å². The van der Waals surface area contributed by atoms with Gasteiger partial charge in [-0.1, -0.05) is 4.79 Å². The van der Waals surface area contributed by atoms with Crippen molar-refractivity contribution in [3.8, 4) is 0 Å². The maximum atomic E-state index is 3.70. The third-order valence-corrected chi connectivity index (χ3v) is 1.48. The van der Waals surface area contributed by atoms with E-state index < -0.39 is 0 Å². The van der Waals surface area contributed by atoms with E-state index in [2.05, 4.69) is 41.3 Å². The summed E-state index contributed by atoms with van der Waals surface area (Å²) in [7, 11) is 0. The van der Waals surface area contributed by atoms with Gasteiger partial charge in [0.15, 0.2) is 0 Å². The minimum Gasteiger partial charge on any atom is -0.137 e. The quantitative estimate of drug-likeness (QED) is 0.540. The van der Waals surface area contributed by atoms with E-state index in [0.29, 0.717) is 11.6 Å². The molecule has 0 bridgehead atoms. The zero-order valence-electron chi connectivity index (χ0n) is 6.63. The van der Waals surface area contributed by atoms with Gasteiger partial charge in [-0.25, -0.2) is 0 Å². The predicted molar refractivity (Wildman–Crippen MR) is 39.9 cm³/mol. The van der Waals surface area contributed by atoms with Crippen LogP contribution in [-0.2, 0) is 0 Å². The van der Waals surface area contributed by atoms with Gasteiger partial charge >= 0.3 is 0 Å². The van der Waals surface area contributed by atoms with Gasteiger partial charge in [0.05, 0.1) is 12.4 Å². The lowest BCUT2D eigenvalue weighted by molar-refractivity contribution is 0.563. The molecule has 10 nitrogen and oxygen atoms in total. The van der Waals surface area contributed by atoms with Crippen LogP contribution in [0.1, 0.15) is 0 Å². The Balaban J connectivity index is 1.89. The van der Waals surface area contributed by atoms with Crippen LogP contribution in [-0.4, -0.2) is 30.2 Å². The van der Waals surface area contributed by atoms with Crippen molar-refractivity contribution in [1.29, 1.82) is 0 Å². The molecule has 0 aromatic carbocycles. The summed E-state index contributed by atoms with van der Waals surface area (Å²) in [6, 6.07) is 0. The first kappa shape index (κ1) is 6.94. The van der Waals surface area contributed by atoms with Crippen LogP contribution in [0.15, 0.2) is 33.1 Å². The molecule has 0 atom stereocenters. The lowest BCUT2D eigenvalue weighted by Gasteiger charge is -1.96. The maximum absolute atomic E-state index is 3.70. The van der Waals surface area contributed by atoms with Gasteiger partial charge in [-0.3, -0.25) is 0 Å². The molecule has 0 saturated heterocycles. The number of hydrogen-bond donors (Lipinski definition) is 0.